The Labute approximate surface area is 158 Å². The Morgan fingerprint density at radius 1 is 0.929 bits per heavy atom. The molecule has 9 heteroatoms. The van der Waals surface area contributed by atoms with Gasteiger partial charge >= 0.3 is 0 Å². The third-order valence-corrected chi connectivity index (χ3v) is 4.31. The standard InChI is InChI=1S/C19H13FN8/c20-14-3-1-12(2-4-14)19-15(13-7-8-22-16(21)9-13)10-27(26-19)18-6-5-17-24-23-11-28(17)25-18/h1-11H,(H2,21,22). The number of rotatable bonds is 3. The van der Waals surface area contributed by atoms with Crippen molar-refractivity contribution in [1.82, 2.24) is 34.6 Å². The van der Waals surface area contributed by atoms with E-state index in [0.29, 0.717) is 23.0 Å². The summed E-state index contributed by atoms with van der Waals surface area (Å²) in [5.41, 5.74) is 9.62. The van der Waals surface area contributed by atoms with Crippen molar-refractivity contribution in [2.24, 2.45) is 0 Å². The monoisotopic (exact) mass is 372 g/mol. The third kappa shape index (κ3) is 2.75. The maximum atomic E-state index is 13.4. The van der Waals surface area contributed by atoms with Crippen LogP contribution < -0.4 is 5.73 Å². The Hall–Kier alpha value is -4.14. The topological polar surface area (TPSA) is 99.8 Å². The molecule has 0 aliphatic rings. The van der Waals surface area contributed by atoms with Gasteiger partial charge in [0.15, 0.2) is 11.5 Å². The van der Waals surface area contributed by atoms with E-state index in [2.05, 4.69) is 20.3 Å². The quantitative estimate of drug-likeness (QED) is 0.523. The van der Waals surface area contributed by atoms with Gasteiger partial charge in [0.2, 0.25) is 0 Å². The number of pyridine rings is 1. The summed E-state index contributed by atoms with van der Waals surface area (Å²) in [6.45, 7) is 0. The molecule has 28 heavy (non-hydrogen) atoms. The lowest BCUT2D eigenvalue weighted by Crippen LogP contribution is -2.02. The molecule has 0 amide bonds. The predicted octanol–water partition coefficient (Wildman–Crippen LogP) is 2.76. The van der Waals surface area contributed by atoms with Crippen LogP contribution in [-0.2, 0) is 0 Å². The van der Waals surface area contributed by atoms with Crippen LogP contribution in [-0.4, -0.2) is 34.6 Å². The smallest absolute Gasteiger partial charge is 0.177 e. The minimum absolute atomic E-state index is 0.308. The van der Waals surface area contributed by atoms with Gasteiger partial charge in [0.05, 0.1) is 0 Å². The first kappa shape index (κ1) is 16.1. The second kappa shape index (κ2) is 6.23. The first-order valence-corrected chi connectivity index (χ1v) is 8.42. The average molecular weight is 372 g/mol. The zero-order chi connectivity index (χ0) is 19.1. The lowest BCUT2D eigenvalue weighted by atomic mass is 10.0. The number of aromatic nitrogens is 7. The SMILES string of the molecule is Nc1cc(-c2cn(-c3ccc4nncn4n3)nc2-c2ccc(F)cc2)ccn1. The zero-order valence-electron chi connectivity index (χ0n) is 14.4. The lowest BCUT2D eigenvalue weighted by molar-refractivity contribution is 0.628. The summed E-state index contributed by atoms with van der Waals surface area (Å²) < 4.78 is 16.6. The van der Waals surface area contributed by atoms with E-state index in [9.17, 15) is 4.39 Å². The highest BCUT2D eigenvalue weighted by Gasteiger charge is 2.16. The summed E-state index contributed by atoms with van der Waals surface area (Å²) in [5.74, 6) is 0.681. The van der Waals surface area contributed by atoms with Crippen LogP contribution in [0.3, 0.4) is 0 Å². The molecule has 2 N–H and O–H groups in total. The number of nitrogens with zero attached hydrogens (tertiary/aromatic N) is 7. The minimum atomic E-state index is -0.308. The number of nitrogens with two attached hydrogens (primary N) is 1. The Morgan fingerprint density at radius 3 is 2.61 bits per heavy atom. The molecule has 0 saturated carbocycles. The summed E-state index contributed by atoms with van der Waals surface area (Å²) in [6.07, 6.45) is 5.01. The van der Waals surface area contributed by atoms with Crippen LogP contribution in [0.1, 0.15) is 0 Å². The molecule has 0 atom stereocenters. The van der Waals surface area contributed by atoms with E-state index in [0.717, 1.165) is 16.7 Å². The molecule has 5 rings (SSSR count). The second-order valence-corrected chi connectivity index (χ2v) is 6.14. The van der Waals surface area contributed by atoms with Crippen LogP contribution in [0, 0.1) is 5.82 Å². The molecule has 0 unspecified atom stereocenters. The van der Waals surface area contributed by atoms with E-state index < -0.39 is 0 Å². The van der Waals surface area contributed by atoms with Crippen molar-refractivity contribution in [3.63, 3.8) is 0 Å². The molecule has 4 aromatic heterocycles. The van der Waals surface area contributed by atoms with Crippen molar-refractivity contribution in [2.45, 2.75) is 0 Å². The van der Waals surface area contributed by atoms with Gasteiger partial charge in [-0.15, -0.1) is 15.3 Å². The van der Waals surface area contributed by atoms with Crippen LogP contribution in [0.15, 0.2) is 67.3 Å². The van der Waals surface area contributed by atoms with Crippen LogP contribution in [0.5, 0.6) is 0 Å². The number of halogens is 1. The van der Waals surface area contributed by atoms with Gasteiger partial charge < -0.3 is 5.73 Å². The molecule has 4 heterocycles. The predicted molar refractivity (Wildman–Crippen MR) is 101 cm³/mol. The zero-order valence-corrected chi connectivity index (χ0v) is 14.4. The highest BCUT2D eigenvalue weighted by atomic mass is 19.1. The van der Waals surface area contributed by atoms with Gasteiger partial charge in [-0.05, 0) is 54.1 Å². The highest BCUT2D eigenvalue weighted by Crippen LogP contribution is 2.32. The third-order valence-electron chi connectivity index (χ3n) is 4.31. The van der Waals surface area contributed by atoms with Gasteiger partial charge in [-0.2, -0.15) is 9.61 Å². The number of nitrogen functional groups attached to an aromatic ring is 1. The summed E-state index contributed by atoms with van der Waals surface area (Å²) in [7, 11) is 0. The minimum Gasteiger partial charge on any atom is -0.384 e. The van der Waals surface area contributed by atoms with Crippen LogP contribution in [0.2, 0.25) is 0 Å². The number of anilines is 1. The fraction of sp³-hybridized carbons (Fsp3) is 0. The largest absolute Gasteiger partial charge is 0.384 e. The van der Waals surface area contributed by atoms with Gasteiger partial charge in [0.25, 0.3) is 0 Å². The molecule has 136 valence electrons. The van der Waals surface area contributed by atoms with Gasteiger partial charge in [0, 0.05) is 23.5 Å². The fourth-order valence-electron chi connectivity index (χ4n) is 2.98. The first-order valence-electron chi connectivity index (χ1n) is 8.42. The molecule has 0 aliphatic heterocycles. The van der Waals surface area contributed by atoms with Crippen molar-refractivity contribution >= 4 is 11.5 Å². The summed E-state index contributed by atoms with van der Waals surface area (Å²) >= 11 is 0. The lowest BCUT2D eigenvalue weighted by Gasteiger charge is -2.03. The molecule has 0 fully saturated rings. The summed E-state index contributed by atoms with van der Waals surface area (Å²) in [5, 5.41) is 17.0. The Morgan fingerprint density at radius 2 is 1.79 bits per heavy atom. The number of fused-ring (bicyclic) bond motifs is 1. The van der Waals surface area contributed by atoms with Gasteiger partial charge in [0.1, 0.15) is 23.7 Å². The van der Waals surface area contributed by atoms with Crippen molar-refractivity contribution in [3.05, 3.63) is 73.1 Å². The van der Waals surface area contributed by atoms with E-state index in [4.69, 9.17) is 10.8 Å². The van der Waals surface area contributed by atoms with E-state index in [-0.39, 0.29) is 5.82 Å². The first-order chi connectivity index (χ1) is 13.7. The normalized spacial score (nSPS) is 11.2. The summed E-state index contributed by atoms with van der Waals surface area (Å²) in [4.78, 5) is 4.04. The second-order valence-electron chi connectivity index (χ2n) is 6.14. The molecule has 1 aromatic carbocycles. The van der Waals surface area contributed by atoms with E-state index in [1.165, 1.54) is 18.5 Å². The van der Waals surface area contributed by atoms with E-state index >= 15 is 0 Å². The maximum absolute atomic E-state index is 13.4. The van der Waals surface area contributed by atoms with Gasteiger partial charge in [-0.3, -0.25) is 0 Å². The molecular formula is C19H13FN8. The Balaban J connectivity index is 1.71. The molecule has 8 nitrogen and oxygen atoms in total. The van der Waals surface area contributed by atoms with Crippen molar-refractivity contribution in [3.8, 4) is 28.2 Å². The number of benzene rings is 1. The van der Waals surface area contributed by atoms with Crippen molar-refractivity contribution in [2.75, 3.05) is 5.73 Å². The van der Waals surface area contributed by atoms with Crippen molar-refractivity contribution in [1.29, 1.82) is 0 Å². The van der Waals surface area contributed by atoms with Crippen LogP contribution in [0.25, 0.3) is 33.8 Å². The molecule has 0 radical (unpaired) electrons. The highest BCUT2D eigenvalue weighted by molar-refractivity contribution is 5.81. The summed E-state index contributed by atoms with van der Waals surface area (Å²) in [6, 6.07) is 13.4. The number of hydrogen-bond donors (Lipinski definition) is 1. The average Bonchev–Trinajstić information content (AvgIpc) is 3.35. The molecule has 0 saturated heterocycles. The van der Waals surface area contributed by atoms with Crippen LogP contribution in [0.4, 0.5) is 10.2 Å². The van der Waals surface area contributed by atoms with Gasteiger partial charge in [-0.25, -0.2) is 14.1 Å². The van der Waals surface area contributed by atoms with E-state index in [1.54, 1.807) is 45.7 Å². The molecule has 0 bridgehead atoms. The maximum Gasteiger partial charge on any atom is 0.177 e. The van der Waals surface area contributed by atoms with Crippen molar-refractivity contribution < 1.29 is 4.39 Å². The number of hydrogen-bond acceptors (Lipinski definition) is 6. The molecular weight excluding hydrogens is 359 g/mol. The Kier molecular flexibility index (Phi) is 3.58. The van der Waals surface area contributed by atoms with E-state index in [1.807, 2.05) is 12.3 Å². The molecule has 0 aliphatic carbocycles. The van der Waals surface area contributed by atoms with Crippen LogP contribution >= 0.6 is 0 Å². The van der Waals surface area contributed by atoms with Gasteiger partial charge in [-0.1, -0.05) is 0 Å². The fourth-order valence-corrected chi connectivity index (χ4v) is 2.98. The Bertz CT molecular complexity index is 1290. The molecule has 0 spiro atoms. The molecule has 5 aromatic rings.